The quantitative estimate of drug-likeness (QED) is 0.478. The molecule has 1 radical (unpaired) electrons. The van der Waals surface area contributed by atoms with Crippen LogP contribution in [0.5, 0.6) is 0 Å². The molecule has 0 bridgehead atoms. The van der Waals surface area contributed by atoms with Crippen LogP contribution in [0.25, 0.3) is 0 Å². The average molecular weight is 380 g/mol. The minimum Gasteiger partial charge on any atom is -1.00 e. The normalized spacial score (nSPS) is 14.6. The van der Waals surface area contributed by atoms with Crippen molar-refractivity contribution in [3.63, 3.8) is 0 Å². The summed E-state index contributed by atoms with van der Waals surface area (Å²) in [6, 6.07) is 2.52. The van der Waals surface area contributed by atoms with E-state index in [0.717, 1.165) is 6.42 Å². The van der Waals surface area contributed by atoms with Crippen molar-refractivity contribution in [3.05, 3.63) is 28.3 Å². The third-order valence-electron chi connectivity index (χ3n) is 4.20. The third kappa shape index (κ3) is 6.70. The predicted molar refractivity (Wildman–Crippen MR) is 77.9 cm³/mol. The maximum absolute atomic E-state index is 9.60. The number of rotatable bonds is 2. The second-order valence-corrected chi connectivity index (χ2v) is 5.71. The van der Waals surface area contributed by atoms with Crippen molar-refractivity contribution in [1.29, 1.82) is 0 Å². The van der Waals surface area contributed by atoms with Crippen LogP contribution in [0, 0.1) is 0 Å². The van der Waals surface area contributed by atoms with Crippen LogP contribution >= 0.6 is 0 Å². The fourth-order valence-corrected chi connectivity index (χ4v) is 3.29. The van der Waals surface area contributed by atoms with Crippen LogP contribution in [0.15, 0.2) is 6.07 Å². The van der Waals surface area contributed by atoms with E-state index in [0.29, 0.717) is 6.42 Å². The van der Waals surface area contributed by atoms with Crippen molar-refractivity contribution in [3.8, 4) is 0 Å². The van der Waals surface area contributed by atoms with E-state index in [2.05, 4.69) is 6.07 Å². The number of halogens is 2. The number of hydrogen-bond acceptors (Lipinski definition) is 1. The average Bonchev–Trinajstić information content (AvgIpc) is 2.78. The fourth-order valence-electron chi connectivity index (χ4n) is 3.29. The van der Waals surface area contributed by atoms with E-state index >= 15 is 0 Å². The van der Waals surface area contributed by atoms with Crippen molar-refractivity contribution in [1.82, 2.24) is 0 Å². The van der Waals surface area contributed by atoms with Gasteiger partial charge >= 0.3 is 27.7 Å². The van der Waals surface area contributed by atoms with E-state index in [9.17, 15) is 4.79 Å². The summed E-state index contributed by atoms with van der Waals surface area (Å²) in [6.07, 6.45) is 12.2. The summed E-state index contributed by atoms with van der Waals surface area (Å²) >= 11 is 0. The van der Waals surface area contributed by atoms with Crippen LogP contribution in [0.4, 0.5) is 0 Å². The topological polar surface area (TPSA) is 37.3 Å². The minimum atomic E-state index is -0.711. The van der Waals surface area contributed by atoms with Gasteiger partial charge in [-0.05, 0) is 6.42 Å². The SMILES string of the molecule is CCCC(=O)O.[Cl-].[Cl-].[Ti+3].[cH-]1c2c(c3c1CCCC3)CCCC2. The van der Waals surface area contributed by atoms with Crippen molar-refractivity contribution in [2.24, 2.45) is 0 Å². The van der Waals surface area contributed by atoms with Crippen molar-refractivity contribution >= 4 is 5.97 Å². The van der Waals surface area contributed by atoms with E-state index in [4.69, 9.17) is 5.11 Å². The summed E-state index contributed by atoms with van der Waals surface area (Å²) in [4.78, 5) is 9.60. The number of fused-ring (bicyclic) bond motifs is 3. The van der Waals surface area contributed by atoms with Gasteiger partial charge < -0.3 is 29.9 Å². The molecule has 123 valence electrons. The smallest absolute Gasteiger partial charge is 1.00 e. The van der Waals surface area contributed by atoms with Crippen LogP contribution in [0.3, 0.4) is 0 Å². The summed E-state index contributed by atoms with van der Waals surface area (Å²) < 4.78 is 0. The standard InChI is InChI=1S/C13H17.C4H8O2.2ClH.Ti/c1-3-7-12-10(5-1)9-11-6-2-4-8-13(11)12;1-2-3-4(5)6;;;/h9H,1-8H2;2-3H2,1H3,(H,5,6);2*1H;/q-1;;;;+3/p-2. The van der Waals surface area contributed by atoms with Gasteiger partial charge in [0, 0.05) is 6.42 Å². The first-order valence-electron chi connectivity index (χ1n) is 7.73. The van der Waals surface area contributed by atoms with E-state index in [1.165, 1.54) is 51.4 Å². The van der Waals surface area contributed by atoms with Gasteiger partial charge in [0.25, 0.3) is 0 Å². The maximum atomic E-state index is 9.60. The van der Waals surface area contributed by atoms with Crippen molar-refractivity contribution in [2.45, 2.75) is 71.1 Å². The second-order valence-electron chi connectivity index (χ2n) is 5.71. The molecule has 0 unspecified atom stereocenters. The molecule has 0 spiro atoms. The van der Waals surface area contributed by atoms with Gasteiger partial charge in [0.15, 0.2) is 0 Å². The Morgan fingerprint density at radius 3 is 1.68 bits per heavy atom. The molecule has 0 amide bonds. The molecule has 0 atom stereocenters. The van der Waals surface area contributed by atoms with Gasteiger partial charge in [0.1, 0.15) is 0 Å². The van der Waals surface area contributed by atoms with Gasteiger partial charge in [-0.3, -0.25) is 4.79 Å². The molecule has 1 N–H and O–H groups in total. The second kappa shape index (κ2) is 12.5. The summed E-state index contributed by atoms with van der Waals surface area (Å²) in [5, 5.41) is 7.91. The molecule has 5 heteroatoms. The molecule has 0 saturated heterocycles. The minimum absolute atomic E-state index is 0. The number of aliphatic carboxylic acids is 1. The molecule has 2 aliphatic carbocycles. The first kappa shape index (κ1) is 24.4. The molecule has 0 aromatic heterocycles. The molecule has 0 fully saturated rings. The zero-order valence-corrected chi connectivity index (χ0v) is 16.3. The van der Waals surface area contributed by atoms with Crippen LogP contribution in [0.1, 0.15) is 67.7 Å². The van der Waals surface area contributed by atoms with Gasteiger partial charge in [0.2, 0.25) is 0 Å². The molecule has 2 nitrogen and oxygen atoms in total. The number of aryl methyl sites for hydroxylation is 2. The van der Waals surface area contributed by atoms with Gasteiger partial charge in [-0.1, -0.05) is 58.3 Å². The summed E-state index contributed by atoms with van der Waals surface area (Å²) in [7, 11) is 0. The van der Waals surface area contributed by atoms with Crippen molar-refractivity contribution in [2.75, 3.05) is 0 Å². The molecule has 3 rings (SSSR count). The Labute approximate surface area is 161 Å². The Morgan fingerprint density at radius 2 is 1.36 bits per heavy atom. The Morgan fingerprint density at radius 1 is 0.955 bits per heavy atom. The molecular weight excluding hydrogens is 355 g/mol. The molecule has 1 aromatic rings. The first-order chi connectivity index (χ1) is 9.22. The summed E-state index contributed by atoms with van der Waals surface area (Å²) in [5.41, 5.74) is 6.94. The number of carboxylic acid groups (broad SMARTS) is 1. The molecule has 0 saturated carbocycles. The summed E-state index contributed by atoms with van der Waals surface area (Å²) in [5.74, 6) is -0.711. The van der Waals surface area contributed by atoms with Crippen molar-refractivity contribution < 1.29 is 56.4 Å². The monoisotopic (exact) mass is 379 g/mol. The van der Waals surface area contributed by atoms with E-state index in [1.54, 1.807) is 22.3 Å². The number of carbonyl (C=O) groups is 1. The zero-order valence-electron chi connectivity index (χ0n) is 13.3. The molecule has 0 heterocycles. The fraction of sp³-hybridized carbons (Fsp3) is 0.647. The summed E-state index contributed by atoms with van der Waals surface area (Å²) in [6.45, 7) is 1.84. The van der Waals surface area contributed by atoms with Crippen LogP contribution in [-0.2, 0) is 52.2 Å². The third-order valence-corrected chi connectivity index (χ3v) is 4.20. The largest absolute Gasteiger partial charge is 3.00 e. The molecular formula is C17H25Cl2O2Ti. The Bertz CT molecular complexity index is 414. The van der Waals surface area contributed by atoms with Crippen LogP contribution in [-0.4, -0.2) is 11.1 Å². The number of hydrogen-bond donors (Lipinski definition) is 1. The Hall–Kier alpha value is 0.114. The van der Waals surface area contributed by atoms with Crippen LogP contribution in [0.2, 0.25) is 0 Å². The predicted octanol–water partition coefficient (Wildman–Crippen LogP) is -1.96. The molecule has 0 aliphatic heterocycles. The first-order valence-corrected chi connectivity index (χ1v) is 7.73. The van der Waals surface area contributed by atoms with Crippen LogP contribution < -0.4 is 24.8 Å². The van der Waals surface area contributed by atoms with Gasteiger partial charge in [-0.2, -0.15) is 28.3 Å². The Balaban J connectivity index is 0. The zero-order chi connectivity index (χ0) is 13.7. The Kier molecular flexibility index (Phi) is 13.9. The van der Waals surface area contributed by atoms with E-state index in [1.807, 2.05) is 6.92 Å². The van der Waals surface area contributed by atoms with Gasteiger partial charge in [0.05, 0.1) is 0 Å². The maximum Gasteiger partial charge on any atom is 3.00 e. The van der Waals surface area contributed by atoms with E-state index < -0.39 is 5.97 Å². The molecule has 22 heavy (non-hydrogen) atoms. The van der Waals surface area contributed by atoms with Gasteiger partial charge in [-0.25, -0.2) is 0 Å². The molecule has 1 aromatic carbocycles. The number of carboxylic acids is 1. The van der Waals surface area contributed by atoms with Gasteiger partial charge in [-0.15, -0.1) is 0 Å². The molecule has 2 aliphatic rings. The van der Waals surface area contributed by atoms with E-state index in [-0.39, 0.29) is 46.5 Å².